The number of hydrogen-bond donors (Lipinski definition) is 3. The number of aromatic amines is 1. The molecule has 0 saturated carbocycles. The molecule has 1 atom stereocenters. The first-order valence-electron chi connectivity index (χ1n) is 5.08. The van der Waals surface area contributed by atoms with E-state index in [1.54, 1.807) is 6.20 Å². The van der Waals surface area contributed by atoms with Crippen molar-refractivity contribution in [2.24, 2.45) is 5.73 Å². The number of aliphatic carboxylic acids is 1. The molecule has 1 rings (SSSR count). The van der Waals surface area contributed by atoms with Crippen molar-refractivity contribution in [1.29, 1.82) is 0 Å². The average Bonchev–Trinajstić information content (AvgIpc) is 2.67. The van der Waals surface area contributed by atoms with Gasteiger partial charge < -0.3 is 15.8 Å². The molecule has 4 N–H and O–H groups in total. The largest absolute Gasteiger partial charge is 0.480 e. The Labute approximate surface area is 88.7 Å². The number of nitrogens with zero attached hydrogens (tertiary/aromatic N) is 1. The second-order valence-electron chi connectivity index (χ2n) is 3.82. The summed E-state index contributed by atoms with van der Waals surface area (Å²) in [5.41, 5.74) is 5.45. The van der Waals surface area contributed by atoms with E-state index in [0.29, 0.717) is 12.8 Å². The van der Waals surface area contributed by atoms with Gasteiger partial charge in [0.05, 0.1) is 6.33 Å². The maximum Gasteiger partial charge on any atom is 0.324 e. The Morgan fingerprint density at radius 1 is 1.73 bits per heavy atom. The molecule has 0 aliphatic rings. The van der Waals surface area contributed by atoms with Gasteiger partial charge in [-0.05, 0) is 6.42 Å². The molecular weight excluding hydrogens is 194 g/mol. The molecule has 5 heteroatoms. The summed E-state index contributed by atoms with van der Waals surface area (Å²) in [6.45, 7) is 2.01. The number of nitrogens with one attached hydrogen (secondary N) is 1. The smallest absolute Gasteiger partial charge is 0.324 e. The van der Waals surface area contributed by atoms with Gasteiger partial charge in [0.2, 0.25) is 0 Å². The van der Waals surface area contributed by atoms with Crippen LogP contribution in [0.2, 0.25) is 0 Å². The van der Waals surface area contributed by atoms with Gasteiger partial charge in [-0.15, -0.1) is 0 Å². The van der Waals surface area contributed by atoms with Crippen molar-refractivity contribution in [3.05, 3.63) is 18.2 Å². The molecule has 15 heavy (non-hydrogen) atoms. The number of aromatic nitrogens is 2. The summed E-state index contributed by atoms with van der Waals surface area (Å²) in [7, 11) is 0. The zero-order valence-electron chi connectivity index (χ0n) is 8.86. The number of H-pyrrole nitrogens is 1. The standard InChI is InChI=1S/C10H17N3O2/c1-2-3-4-10(11,9(14)15)5-8-6-12-7-13-8/h6-7H,2-5,11H2,1H3,(H,12,13)(H,14,15)/t10-/m0/s1. The minimum Gasteiger partial charge on any atom is -0.480 e. The normalized spacial score (nSPS) is 14.8. The highest BCUT2D eigenvalue weighted by atomic mass is 16.4. The fourth-order valence-corrected chi connectivity index (χ4v) is 1.48. The monoisotopic (exact) mass is 211 g/mol. The maximum absolute atomic E-state index is 11.1. The molecule has 0 spiro atoms. The van der Waals surface area contributed by atoms with Crippen molar-refractivity contribution in [2.75, 3.05) is 0 Å². The lowest BCUT2D eigenvalue weighted by atomic mass is 9.89. The highest BCUT2D eigenvalue weighted by molar-refractivity contribution is 5.78. The van der Waals surface area contributed by atoms with Crippen LogP contribution in [-0.4, -0.2) is 26.6 Å². The van der Waals surface area contributed by atoms with E-state index >= 15 is 0 Å². The minimum absolute atomic E-state index is 0.294. The molecule has 0 aliphatic carbocycles. The van der Waals surface area contributed by atoms with Crippen molar-refractivity contribution in [3.63, 3.8) is 0 Å². The Balaban J connectivity index is 2.68. The fourth-order valence-electron chi connectivity index (χ4n) is 1.48. The zero-order chi connectivity index (χ0) is 11.3. The Morgan fingerprint density at radius 2 is 2.47 bits per heavy atom. The predicted octanol–water partition coefficient (Wildman–Crippen LogP) is 0.925. The molecule has 0 bridgehead atoms. The zero-order valence-corrected chi connectivity index (χ0v) is 8.86. The summed E-state index contributed by atoms with van der Waals surface area (Å²) in [4.78, 5) is 17.8. The molecule has 0 saturated heterocycles. The number of carbonyl (C=O) groups is 1. The molecule has 0 aliphatic heterocycles. The summed E-state index contributed by atoms with van der Waals surface area (Å²) < 4.78 is 0. The molecule has 1 heterocycles. The van der Waals surface area contributed by atoms with Crippen LogP contribution < -0.4 is 5.73 Å². The van der Waals surface area contributed by atoms with E-state index in [-0.39, 0.29) is 0 Å². The van der Waals surface area contributed by atoms with Gasteiger partial charge in [0.25, 0.3) is 0 Å². The van der Waals surface area contributed by atoms with Gasteiger partial charge in [0.15, 0.2) is 0 Å². The number of carboxylic acids is 1. The van der Waals surface area contributed by atoms with Gasteiger partial charge >= 0.3 is 5.97 Å². The third-order valence-electron chi connectivity index (χ3n) is 2.46. The molecule has 0 aromatic carbocycles. The number of nitrogens with two attached hydrogens (primary N) is 1. The molecule has 84 valence electrons. The lowest BCUT2D eigenvalue weighted by molar-refractivity contribution is -0.143. The lowest BCUT2D eigenvalue weighted by Crippen LogP contribution is -2.50. The second-order valence-corrected chi connectivity index (χ2v) is 3.82. The number of hydrogen-bond acceptors (Lipinski definition) is 3. The van der Waals surface area contributed by atoms with Crippen LogP contribution in [0.4, 0.5) is 0 Å². The number of carboxylic acid groups (broad SMARTS) is 1. The summed E-state index contributed by atoms with van der Waals surface area (Å²) >= 11 is 0. The van der Waals surface area contributed by atoms with Crippen molar-refractivity contribution in [2.45, 2.75) is 38.1 Å². The summed E-state index contributed by atoms with van der Waals surface area (Å²) in [5, 5.41) is 9.10. The minimum atomic E-state index is -1.18. The van der Waals surface area contributed by atoms with E-state index in [4.69, 9.17) is 10.8 Å². The average molecular weight is 211 g/mol. The van der Waals surface area contributed by atoms with Gasteiger partial charge in [0, 0.05) is 18.3 Å². The van der Waals surface area contributed by atoms with Crippen LogP contribution in [0.25, 0.3) is 0 Å². The van der Waals surface area contributed by atoms with Crippen LogP contribution in [0.1, 0.15) is 31.9 Å². The highest BCUT2D eigenvalue weighted by Gasteiger charge is 2.33. The molecule has 0 amide bonds. The van der Waals surface area contributed by atoms with E-state index in [0.717, 1.165) is 18.5 Å². The third kappa shape index (κ3) is 3.06. The van der Waals surface area contributed by atoms with E-state index < -0.39 is 11.5 Å². The van der Waals surface area contributed by atoms with Gasteiger partial charge in [-0.1, -0.05) is 19.8 Å². The van der Waals surface area contributed by atoms with Crippen LogP contribution in [0.15, 0.2) is 12.5 Å². The molecule has 5 nitrogen and oxygen atoms in total. The molecule has 1 aromatic heterocycles. The third-order valence-corrected chi connectivity index (χ3v) is 2.46. The van der Waals surface area contributed by atoms with Gasteiger partial charge in [-0.3, -0.25) is 4.79 Å². The van der Waals surface area contributed by atoms with Crippen LogP contribution in [0.5, 0.6) is 0 Å². The first-order chi connectivity index (χ1) is 7.08. The Kier molecular flexibility index (Phi) is 3.85. The maximum atomic E-state index is 11.1. The molecular formula is C10H17N3O2. The van der Waals surface area contributed by atoms with E-state index in [9.17, 15) is 4.79 Å². The van der Waals surface area contributed by atoms with Gasteiger partial charge in [0.1, 0.15) is 5.54 Å². The molecule has 0 fully saturated rings. The first-order valence-corrected chi connectivity index (χ1v) is 5.08. The summed E-state index contributed by atoms with van der Waals surface area (Å²) in [6, 6.07) is 0. The second kappa shape index (κ2) is 4.93. The van der Waals surface area contributed by atoms with Crippen LogP contribution >= 0.6 is 0 Å². The van der Waals surface area contributed by atoms with E-state index in [1.165, 1.54) is 6.33 Å². The van der Waals surface area contributed by atoms with Crippen molar-refractivity contribution < 1.29 is 9.90 Å². The van der Waals surface area contributed by atoms with Crippen molar-refractivity contribution >= 4 is 5.97 Å². The quantitative estimate of drug-likeness (QED) is 0.652. The Morgan fingerprint density at radius 3 is 2.93 bits per heavy atom. The SMILES string of the molecule is CCCC[C@](N)(Cc1cnc[nH]1)C(=O)O. The van der Waals surface area contributed by atoms with Crippen LogP contribution in [-0.2, 0) is 11.2 Å². The predicted molar refractivity (Wildman–Crippen MR) is 56.4 cm³/mol. The Hall–Kier alpha value is -1.36. The number of imidazole rings is 1. The van der Waals surface area contributed by atoms with Gasteiger partial charge in [-0.25, -0.2) is 4.98 Å². The summed E-state index contributed by atoms with van der Waals surface area (Å²) in [6.07, 6.45) is 5.67. The molecule has 1 aromatic rings. The van der Waals surface area contributed by atoms with Gasteiger partial charge in [-0.2, -0.15) is 0 Å². The lowest BCUT2D eigenvalue weighted by Gasteiger charge is -2.23. The fraction of sp³-hybridized carbons (Fsp3) is 0.600. The van der Waals surface area contributed by atoms with Crippen LogP contribution in [0.3, 0.4) is 0 Å². The highest BCUT2D eigenvalue weighted by Crippen LogP contribution is 2.16. The summed E-state index contributed by atoms with van der Waals surface area (Å²) in [5.74, 6) is -0.953. The molecule has 0 radical (unpaired) electrons. The Bertz CT molecular complexity index is 310. The number of unbranched alkanes of at least 4 members (excludes halogenated alkanes) is 1. The van der Waals surface area contributed by atoms with Crippen LogP contribution in [0, 0.1) is 0 Å². The topological polar surface area (TPSA) is 92.0 Å². The van der Waals surface area contributed by atoms with Crippen molar-refractivity contribution in [3.8, 4) is 0 Å². The molecule has 0 unspecified atom stereocenters. The van der Waals surface area contributed by atoms with Crippen molar-refractivity contribution in [1.82, 2.24) is 9.97 Å². The first kappa shape index (κ1) is 11.7. The van der Waals surface area contributed by atoms with E-state index in [1.807, 2.05) is 6.92 Å². The van der Waals surface area contributed by atoms with E-state index in [2.05, 4.69) is 9.97 Å². The number of rotatable bonds is 6.